The highest BCUT2D eigenvalue weighted by Gasteiger charge is 2.33. The Morgan fingerprint density at radius 1 is 1.16 bits per heavy atom. The lowest BCUT2D eigenvalue weighted by Crippen LogP contribution is -2.35. The summed E-state index contributed by atoms with van der Waals surface area (Å²) in [6.07, 6.45) is -0.378. The van der Waals surface area contributed by atoms with E-state index in [0.29, 0.717) is 34.1 Å². The molecule has 2 aliphatic rings. The van der Waals surface area contributed by atoms with Crippen LogP contribution in [0.15, 0.2) is 47.4 Å². The van der Waals surface area contributed by atoms with Gasteiger partial charge in [-0.3, -0.25) is 14.5 Å². The minimum Gasteiger partial charge on any atom is -0.442 e. The van der Waals surface area contributed by atoms with Crippen LogP contribution in [-0.2, 0) is 9.53 Å². The minimum atomic E-state index is -0.503. The number of cyclic esters (lactones) is 1. The third kappa shape index (κ3) is 4.48. The Balaban J connectivity index is 1.36. The molecule has 2 heterocycles. The highest BCUT2D eigenvalue weighted by atomic mass is 35.5. The summed E-state index contributed by atoms with van der Waals surface area (Å²) in [6.45, 7) is 1.02. The van der Waals surface area contributed by atoms with Crippen LogP contribution >= 0.6 is 24.2 Å². The second-order valence-electron chi connectivity index (χ2n) is 7.39. The Bertz CT molecular complexity index is 1030. The normalized spacial score (nSPS) is 20.9. The van der Waals surface area contributed by atoms with E-state index < -0.39 is 18.2 Å². The number of halogens is 1. The molecule has 3 N–H and O–H groups in total. The number of amides is 3. The SMILES string of the molecule is N[C@@H]1CCN(c2ccc(N3C[C@H](CNC(=O)c4cc(Cl)ccc4S)OC3=O)cc2)C1=O. The highest BCUT2D eigenvalue weighted by Crippen LogP contribution is 2.27. The topological polar surface area (TPSA) is 105 Å². The zero-order chi connectivity index (χ0) is 22.1. The molecule has 8 nitrogen and oxygen atoms in total. The summed E-state index contributed by atoms with van der Waals surface area (Å²) in [6, 6.07) is 11.4. The fraction of sp³-hybridized carbons (Fsp3) is 0.286. The van der Waals surface area contributed by atoms with Crippen LogP contribution in [0.1, 0.15) is 16.8 Å². The minimum absolute atomic E-state index is 0.104. The monoisotopic (exact) mass is 460 g/mol. The fourth-order valence-corrected chi connectivity index (χ4v) is 4.01. The lowest BCUT2D eigenvalue weighted by atomic mass is 10.2. The summed E-state index contributed by atoms with van der Waals surface area (Å²) in [4.78, 5) is 40.4. The molecule has 2 atom stereocenters. The second-order valence-corrected chi connectivity index (χ2v) is 8.31. The Kier molecular flexibility index (Phi) is 6.08. The van der Waals surface area contributed by atoms with Crippen molar-refractivity contribution in [2.75, 3.05) is 29.4 Å². The maximum atomic E-state index is 12.4. The fourth-order valence-electron chi connectivity index (χ4n) is 3.60. The molecule has 2 fully saturated rings. The van der Waals surface area contributed by atoms with Crippen LogP contribution in [0.25, 0.3) is 0 Å². The smallest absolute Gasteiger partial charge is 0.414 e. The van der Waals surface area contributed by atoms with Crippen molar-refractivity contribution in [3.63, 3.8) is 0 Å². The van der Waals surface area contributed by atoms with Crippen LogP contribution in [0, 0.1) is 0 Å². The first-order valence-electron chi connectivity index (χ1n) is 9.75. The molecule has 4 rings (SSSR count). The predicted octanol–water partition coefficient (Wildman–Crippen LogP) is 2.45. The summed E-state index contributed by atoms with van der Waals surface area (Å²) in [5, 5.41) is 3.18. The Hall–Kier alpha value is -2.75. The van der Waals surface area contributed by atoms with Crippen molar-refractivity contribution in [1.82, 2.24) is 5.32 Å². The summed E-state index contributed by atoms with van der Waals surface area (Å²) in [7, 11) is 0. The zero-order valence-corrected chi connectivity index (χ0v) is 18.1. The number of nitrogens with one attached hydrogen (secondary N) is 1. The van der Waals surface area contributed by atoms with E-state index in [9.17, 15) is 14.4 Å². The van der Waals surface area contributed by atoms with Crippen LogP contribution in [-0.4, -0.2) is 49.7 Å². The lowest BCUT2D eigenvalue weighted by molar-refractivity contribution is -0.118. The van der Waals surface area contributed by atoms with Gasteiger partial charge in [0.05, 0.1) is 24.7 Å². The van der Waals surface area contributed by atoms with E-state index in [2.05, 4.69) is 17.9 Å². The first-order valence-corrected chi connectivity index (χ1v) is 10.6. The Labute approximate surface area is 189 Å². The predicted molar refractivity (Wildman–Crippen MR) is 120 cm³/mol. The average Bonchev–Trinajstić information content (AvgIpc) is 3.30. The van der Waals surface area contributed by atoms with Gasteiger partial charge >= 0.3 is 6.09 Å². The molecule has 2 aromatic carbocycles. The Morgan fingerprint density at radius 2 is 1.84 bits per heavy atom. The number of hydrogen-bond acceptors (Lipinski definition) is 6. The molecule has 0 spiro atoms. The van der Waals surface area contributed by atoms with Gasteiger partial charge in [0.2, 0.25) is 5.91 Å². The lowest BCUT2D eigenvalue weighted by Gasteiger charge is -2.18. The first-order chi connectivity index (χ1) is 14.8. The number of carbonyl (C=O) groups is 3. The van der Waals surface area contributed by atoms with Crippen LogP contribution in [0.3, 0.4) is 0 Å². The molecule has 0 saturated carbocycles. The van der Waals surface area contributed by atoms with E-state index in [4.69, 9.17) is 22.1 Å². The molecular weight excluding hydrogens is 440 g/mol. The van der Waals surface area contributed by atoms with Gasteiger partial charge < -0.3 is 20.7 Å². The van der Waals surface area contributed by atoms with Gasteiger partial charge in [-0.25, -0.2) is 4.79 Å². The van der Waals surface area contributed by atoms with E-state index in [1.165, 1.54) is 11.0 Å². The van der Waals surface area contributed by atoms with E-state index in [1.54, 1.807) is 41.3 Å². The molecule has 0 aliphatic carbocycles. The molecule has 0 bridgehead atoms. The number of thiol groups is 1. The van der Waals surface area contributed by atoms with Gasteiger partial charge in [0.1, 0.15) is 6.10 Å². The molecular formula is C21H21ClN4O4S. The van der Waals surface area contributed by atoms with E-state index in [1.807, 2.05) is 0 Å². The van der Waals surface area contributed by atoms with Gasteiger partial charge in [-0.15, -0.1) is 12.6 Å². The maximum Gasteiger partial charge on any atom is 0.414 e. The highest BCUT2D eigenvalue weighted by molar-refractivity contribution is 7.80. The van der Waals surface area contributed by atoms with Crippen molar-refractivity contribution in [2.24, 2.45) is 5.73 Å². The standard InChI is InChI=1S/C21H21ClN4O4S/c22-12-1-6-18(31)16(9-12)19(27)24-10-15-11-26(21(29)30-15)14-4-2-13(3-5-14)25-8-7-17(23)20(25)28/h1-6,9,15,17,31H,7-8,10-11,23H2,(H,24,27)/t15-,17+/m0/s1. The number of hydrogen-bond donors (Lipinski definition) is 3. The van der Waals surface area contributed by atoms with Gasteiger partial charge in [0.25, 0.3) is 5.91 Å². The molecule has 2 aromatic rings. The van der Waals surface area contributed by atoms with Crippen LogP contribution < -0.4 is 20.9 Å². The number of carbonyl (C=O) groups excluding carboxylic acids is 3. The van der Waals surface area contributed by atoms with Crippen LogP contribution in [0.2, 0.25) is 5.02 Å². The molecule has 2 saturated heterocycles. The molecule has 2 aliphatic heterocycles. The quantitative estimate of drug-likeness (QED) is 0.594. The molecule has 0 unspecified atom stereocenters. The van der Waals surface area contributed by atoms with Crippen molar-refractivity contribution in [3.05, 3.63) is 53.1 Å². The second kappa shape index (κ2) is 8.78. The number of nitrogens with two attached hydrogens (primary N) is 1. The van der Waals surface area contributed by atoms with Gasteiger partial charge in [-0.1, -0.05) is 11.6 Å². The van der Waals surface area contributed by atoms with Crippen LogP contribution in [0.4, 0.5) is 16.2 Å². The summed E-state index contributed by atoms with van der Waals surface area (Å²) < 4.78 is 5.38. The van der Waals surface area contributed by atoms with E-state index in [-0.39, 0.29) is 24.9 Å². The molecule has 0 aromatic heterocycles. The number of benzene rings is 2. The maximum absolute atomic E-state index is 12.4. The van der Waals surface area contributed by atoms with Gasteiger partial charge in [-0.2, -0.15) is 0 Å². The molecule has 31 heavy (non-hydrogen) atoms. The van der Waals surface area contributed by atoms with Crippen molar-refractivity contribution in [2.45, 2.75) is 23.5 Å². The van der Waals surface area contributed by atoms with Crippen LogP contribution in [0.5, 0.6) is 0 Å². The van der Waals surface area contributed by atoms with Gasteiger partial charge in [-0.05, 0) is 48.9 Å². The van der Waals surface area contributed by atoms with Gasteiger partial charge in [0, 0.05) is 27.8 Å². The van der Waals surface area contributed by atoms with Crippen molar-refractivity contribution in [1.29, 1.82) is 0 Å². The Morgan fingerprint density at radius 3 is 2.48 bits per heavy atom. The average molecular weight is 461 g/mol. The molecule has 3 amide bonds. The molecule has 0 radical (unpaired) electrons. The van der Waals surface area contributed by atoms with E-state index in [0.717, 1.165) is 5.69 Å². The molecule has 162 valence electrons. The summed E-state index contributed by atoms with van der Waals surface area (Å²) >= 11 is 10.2. The zero-order valence-electron chi connectivity index (χ0n) is 16.5. The summed E-state index contributed by atoms with van der Waals surface area (Å²) in [5.41, 5.74) is 7.50. The summed E-state index contributed by atoms with van der Waals surface area (Å²) in [5.74, 6) is -0.451. The van der Waals surface area contributed by atoms with Crippen molar-refractivity contribution in [3.8, 4) is 0 Å². The number of anilines is 2. The van der Waals surface area contributed by atoms with Gasteiger partial charge in [0.15, 0.2) is 0 Å². The van der Waals surface area contributed by atoms with Crippen molar-refractivity contribution < 1.29 is 19.1 Å². The first kappa shape index (κ1) is 21.5. The molecule has 10 heteroatoms. The number of nitrogens with zero attached hydrogens (tertiary/aromatic N) is 2. The number of ether oxygens (including phenoxy) is 1. The number of rotatable bonds is 5. The third-order valence-corrected chi connectivity index (χ3v) is 5.91. The third-order valence-electron chi connectivity index (χ3n) is 5.29. The van der Waals surface area contributed by atoms with Crippen molar-refractivity contribution >= 4 is 53.5 Å². The van der Waals surface area contributed by atoms with E-state index >= 15 is 0 Å². The largest absolute Gasteiger partial charge is 0.442 e.